The summed E-state index contributed by atoms with van der Waals surface area (Å²) in [6.45, 7) is 7.58. The number of carbonyl (C=O) groups excluding carboxylic acids is 3. The number of aliphatic hydroxyl groups excluding tert-OH is 1. The van der Waals surface area contributed by atoms with Crippen LogP contribution in [0.2, 0.25) is 0 Å². The minimum atomic E-state index is -0.660. The lowest BCUT2D eigenvalue weighted by atomic mass is 9.93. The number of nitrogens with one attached hydrogen (secondary N) is 1. The maximum absolute atomic E-state index is 14.5. The number of aliphatic hydroxyl groups is 1. The van der Waals surface area contributed by atoms with Crippen LogP contribution < -0.4 is 5.32 Å². The van der Waals surface area contributed by atoms with Crippen molar-refractivity contribution in [3.8, 4) is 5.69 Å². The Morgan fingerprint density at radius 2 is 1.62 bits per heavy atom. The third kappa shape index (κ3) is 8.12. The first kappa shape index (κ1) is 34.4. The first-order chi connectivity index (χ1) is 23.3. The molecule has 48 heavy (non-hydrogen) atoms. The number of carbonyl (C=O) groups is 3. The SMILES string of the molecule is CCCCN(CCCC)C(=O)c1cc(C)n(-c2ccc(NC(=O)OCc3ccccc3)cc2C(=O)N2Cc3ccccc3C[C@@H]2CO)n1. The van der Waals surface area contributed by atoms with E-state index >= 15 is 0 Å². The van der Waals surface area contributed by atoms with E-state index in [2.05, 4.69) is 19.2 Å². The van der Waals surface area contributed by atoms with E-state index in [-0.39, 0.29) is 30.6 Å². The van der Waals surface area contributed by atoms with Gasteiger partial charge in [0.1, 0.15) is 6.61 Å². The summed E-state index contributed by atoms with van der Waals surface area (Å²) in [5, 5.41) is 17.8. The van der Waals surface area contributed by atoms with Crippen LogP contribution in [0, 0.1) is 6.92 Å². The molecule has 0 spiro atoms. The lowest BCUT2D eigenvalue weighted by Gasteiger charge is -2.36. The molecule has 0 saturated carbocycles. The van der Waals surface area contributed by atoms with Crippen molar-refractivity contribution >= 4 is 23.6 Å². The molecule has 1 atom stereocenters. The van der Waals surface area contributed by atoms with E-state index in [4.69, 9.17) is 9.84 Å². The fraction of sp³-hybridized carbons (Fsp3) is 0.368. The van der Waals surface area contributed by atoms with E-state index in [1.165, 1.54) is 0 Å². The van der Waals surface area contributed by atoms with E-state index in [9.17, 15) is 19.5 Å². The molecule has 3 aromatic carbocycles. The Morgan fingerprint density at radius 3 is 2.31 bits per heavy atom. The van der Waals surface area contributed by atoms with Crippen molar-refractivity contribution in [2.75, 3.05) is 25.0 Å². The van der Waals surface area contributed by atoms with E-state index < -0.39 is 12.1 Å². The standard InChI is InChI=1S/C38H45N5O5/c1-4-6-19-41(20-7-5-2)37(46)34-21-27(3)43(40-34)35-18-17-31(39-38(47)48-26-28-13-9-8-10-14-28)23-33(35)36(45)42-24-30-16-12-11-15-29(30)22-32(42)25-44/h8-18,21,23,32,44H,4-7,19-20,22,24-26H2,1-3H3,(H,39,47)/t32-/m1/s1. The van der Waals surface area contributed by atoms with Crippen molar-refractivity contribution < 1.29 is 24.2 Å². The number of hydrogen-bond acceptors (Lipinski definition) is 6. The first-order valence-corrected chi connectivity index (χ1v) is 16.8. The number of aryl methyl sites for hydroxylation is 1. The van der Waals surface area contributed by atoms with Gasteiger partial charge < -0.3 is 19.6 Å². The van der Waals surface area contributed by atoms with Crippen LogP contribution in [-0.2, 0) is 24.3 Å². The summed E-state index contributed by atoms with van der Waals surface area (Å²) < 4.78 is 7.04. The van der Waals surface area contributed by atoms with Crippen molar-refractivity contribution in [1.29, 1.82) is 0 Å². The minimum Gasteiger partial charge on any atom is -0.444 e. The van der Waals surface area contributed by atoms with Crippen LogP contribution in [0.25, 0.3) is 5.69 Å². The molecule has 1 aliphatic rings. The smallest absolute Gasteiger partial charge is 0.411 e. The molecule has 1 aromatic heterocycles. The molecule has 4 aromatic rings. The first-order valence-electron chi connectivity index (χ1n) is 16.8. The highest BCUT2D eigenvalue weighted by Crippen LogP contribution is 2.29. The second-order valence-electron chi connectivity index (χ2n) is 12.2. The fourth-order valence-electron chi connectivity index (χ4n) is 5.99. The molecule has 0 bridgehead atoms. The van der Waals surface area contributed by atoms with Crippen LogP contribution in [0.15, 0.2) is 78.9 Å². The van der Waals surface area contributed by atoms with E-state index in [0.29, 0.717) is 48.8 Å². The van der Waals surface area contributed by atoms with Crippen molar-refractivity contribution in [1.82, 2.24) is 19.6 Å². The summed E-state index contributed by atoms with van der Waals surface area (Å²) in [6, 6.07) is 23.6. The molecular formula is C38H45N5O5. The predicted molar refractivity (Wildman–Crippen MR) is 185 cm³/mol. The predicted octanol–water partition coefficient (Wildman–Crippen LogP) is 6.53. The zero-order valence-electron chi connectivity index (χ0n) is 28.0. The van der Waals surface area contributed by atoms with Gasteiger partial charge in [0, 0.05) is 31.0 Å². The van der Waals surface area contributed by atoms with Crippen molar-refractivity contribution in [2.24, 2.45) is 0 Å². The van der Waals surface area contributed by atoms with Crippen LogP contribution in [0.4, 0.5) is 10.5 Å². The molecular weight excluding hydrogens is 606 g/mol. The lowest BCUT2D eigenvalue weighted by molar-refractivity contribution is 0.0544. The average Bonchev–Trinajstić information content (AvgIpc) is 3.51. The number of benzene rings is 3. The molecule has 1 aliphatic heterocycles. The highest BCUT2D eigenvalue weighted by molar-refractivity contribution is 6.00. The highest BCUT2D eigenvalue weighted by atomic mass is 16.5. The molecule has 252 valence electrons. The van der Waals surface area contributed by atoms with Crippen LogP contribution in [0.5, 0.6) is 0 Å². The Bertz CT molecular complexity index is 1710. The fourth-order valence-corrected chi connectivity index (χ4v) is 5.99. The molecule has 2 heterocycles. The summed E-state index contributed by atoms with van der Waals surface area (Å²) in [4.78, 5) is 44.4. The number of unbranched alkanes of at least 4 members (excludes halogenated alkanes) is 2. The number of fused-ring (bicyclic) bond motifs is 1. The zero-order valence-corrected chi connectivity index (χ0v) is 28.0. The summed E-state index contributed by atoms with van der Waals surface area (Å²) in [6.07, 6.45) is 3.62. The minimum absolute atomic E-state index is 0.0960. The molecule has 2 N–H and O–H groups in total. The number of nitrogens with zero attached hydrogens (tertiary/aromatic N) is 4. The summed E-state index contributed by atoms with van der Waals surface area (Å²) in [5.74, 6) is -0.464. The van der Waals surface area contributed by atoms with Gasteiger partial charge in [0.25, 0.3) is 11.8 Å². The molecule has 0 aliphatic carbocycles. The van der Waals surface area contributed by atoms with Gasteiger partial charge >= 0.3 is 6.09 Å². The Balaban J connectivity index is 1.48. The summed E-state index contributed by atoms with van der Waals surface area (Å²) >= 11 is 0. The monoisotopic (exact) mass is 651 g/mol. The third-order valence-electron chi connectivity index (χ3n) is 8.70. The van der Waals surface area contributed by atoms with Gasteiger partial charge in [-0.05, 0) is 67.1 Å². The maximum atomic E-state index is 14.5. The number of hydrogen-bond donors (Lipinski definition) is 2. The Labute approximate surface area is 282 Å². The molecule has 0 unspecified atom stereocenters. The zero-order chi connectivity index (χ0) is 34.0. The quantitative estimate of drug-likeness (QED) is 0.170. The molecule has 10 heteroatoms. The normalized spacial score (nSPS) is 13.9. The van der Waals surface area contributed by atoms with Gasteiger partial charge in [-0.1, -0.05) is 81.3 Å². The second-order valence-corrected chi connectivity index (χ2v) is 12.2. The Kier molecular flexibility index (Phi) is 11.6. The van der Waals surface area contributed by atoms with Gasteiger partial charge in [-0.25, -0.2) is 9.48 Å². The number of aromatic nitrogens is 2. The molecule has 0 fully saturated rings. The van der Waals surface area contributed by atoms with E-state index in [1.807, 2.05) is 66.4 Å². The van der Waals surface area contributed by atoms with Gasteiger partial charge in [0.05, 0.1) is 23.9 Å². The molecule has 10 nitrogen and oxygen atoms in total. The van der Waals surface area contributed by atoms with Gasteiger partial charge in [0.15, 0.2) is 5.69 Å². The van der Waals surface area contributed by atoms with Crippen molar-refractivity contribution in [2.45, 2.75) is 72.1 Å². The maximum Gasteiger partial charge on any atom is 0.411 e. The topological polar surface area (TPSA) is 117 Å². The Hall–Kier alpha value is -4.96. The lowest BCUT2D eigenvalue weighted by Crippen LogP contribution is -2.46. The summed E-state index contributed by atoms with van der Waals surface area (Å²) in [5.41, 5.74) is 5.05. The van der Waals surface area contributed by atoms with Crippen LogP contribution in [0.1, 0.15) is 82.8 Å². The van der Waals surface area contributed by atoms with Gasteiger partial charge in [-0.3, -0.25) is 14.9 Å². The summed E-state index contributed by atoms with van der Waals surface area (Å²) in [7, 11) is 0. The number of ether oxygens (including phenoxy) is 1. The van der Waals surface area contributed by atoms with Crippen molar-refractivity contribution in [3.63, 3.8) is 0 Å². The Morgan fingerprint density at radius 1 is 0.938 bits per heavy atom. The van der Waals surface area contributed by atoms with Gasteiger partial charge in [-0.15, -0.1) is 0 Å². The van der Waals surface area contributed by atoms with Crippen LogP contribution >= 0.6 is 0 Å². The molecule has 5 rings (SSSR count). The second kappa shape index (κ2) is 16.2. The third-order valence-corrected chi connectivity index (χ3v) is 8.70. The van der Waals surface area contributed by atoms with E-state index in [0.717, 1.165) is 42.4 Å². The molecule has 3 amide bonds. The number of anilines is 1. The number of rotatable bonds is 13. The molecule has 0 saturated heterocycles. The average molecular weight is 652 g/mol. The highest BCUT2D eigenvalue weighted by Gasteiger charge is 2.32. The van der Waals surface area contributed by atoms with Gasteiger partial charge in [0.2, 0.25) is 0 Å². The molecule has 0 radical (unpaired) electrons. The van der Waals surface area contributed by atoms with Crippen LogP contribution in [0.3, 0.4) is 0 Å². The van der Waals surface area contributed by atoms with E-state index in [1.54, 1.807) is 33.8 Å². The van der Waals surface area contributed by atoms with Crippen LogP contribution in [-0.4, -0.2) is 68.3 Å². The largest absolute Gasteiger partial charge is 0.444 e. The number of amides is 3. The van der Waals surface area contributed by atoms with Gasteiger partial charge in [-0.2, -0.15) is 5.10 Å². The van der Waals surface area contributed by atoms with Crippen molar-refractivity contribution in [3.05, 3.63) is 113 Å².